The molecule has 2 aromatic carbocycles. The molecular weight excluding hydrogens is 340 g/mol. The molecule has 0 spiro atoms. The molecule has 1 heterocycles. The van der Waals surface area contributed by atoms with Crippen molar-refractivity contribution in [1.82, 2.24) is 9.55 Å². The lowest BCUT2D eigenvalue weighted by atomic mass is 10.1. The van der Waals surface area contributed by atoms with E-state index in [4.69, 9.17) is 16.3 Å². The average molecular weight is 357 g/mol. The van der Waals surface area contributed by atoms with Crippen molar-refractivity contribution in [2.75, 3.05) is 7.11 Å². The molecule has 0 atom stereocenters. The predicted molar refractivity (Wildman–Crippen MR) is 96.1 cm³/mol. The molecule has 128 valence electrons. The maximum Gasteiger partial charge on any atom is 0.309 e. The van der Waals surface area contributed by atoms with Gasteiger partial charge in [0.05, 0.1) is 19.2 Å². The van der Waals surface area contributed by atoms with E-state index in [1.54, 1.807) is 7.11 Å². The van der Waals surface area contributed by atoms with E-state index in [0.717, 1.165) is 11.1 Å². The van der Waals surface area contributed by atoms with E-state index < -0.39 is 5.97 Å². The highest BCUT2D eigenvalue weighted by molar-refractivity contribution is 6.30. The van der Waals surface area contributed by atoms with E-state index in [2.05, 4.69) is 4.98 Å². The molecule has 5 nitrogen and oxygen atoms in total. The average Bonchev–Trinajstić information content (AvgIpc) is 2.91. The Kier molecular flexibility index (Phi) is 5.05. The van der Waals surface area contributed by atoms with Crippen LogP contribution in [0, 0.1) is 0 Å². The van der Waals surface area contributed by atoms with Gasteiger partial charge in [0.2, 0.25) is 0 Å². The Morgan fingerprint density at radius 2 is 1.96 bits per heavy atom. The zero-order chi connectivity index (χ0) is 17.8. The second-order valence-corrected chi connectivity index (χ2v) is 5.91. The fourth-order valence-electron chi connectivity index (χ4n) is 2.69. The number of imidazole rings is 1. The Balaban J connectivity index is 2.12. The Morgan fingerprint density at radius 1 is 1.20 bits per heavy atom. The summed E-state index contributed by atoms with van der Waals surface area (Å²) in [5.41, 5.74) is 2.33. The standard InChI is InChI=1S/C19H17ClN2O3/c1-25-15-9-5-8-14(10-15)19-21-18(20)16(11-17(23)24)22(19)12-13-6-3-2-4-7-13/h2-10H,11-12H2,1H3,(H,23,24). The number of carbonyl (C=O) groups is 1. The third kappa shape index (κ3) is 3.83. The SMILES string of the molecule is COc1cccc(-c2nc(Cl)c(CC(=O)O)n2Cc2ccccc2)c1. The van der Waals surface area contributed by atoms with Gasteiger partial charge in [-0.25, -0.2) is 4.98 Å². The highest BCUT2D eigenvalue weighted by atomic mass is 35.5. The van der Waals surface area contributed by atoms with Gasteiger partial charge in [0.15, 0.2) is 5.15 Å². The topological polar surface area (TPSA) is 64.3 Å². The van der Waals surface area contributed by atoms with Crippen molar-refractivity contribution in [1.29, 1.82) is 0 Å². The molecule has 0 amide bonds. The van der Waals surface area contributed by atoms with Crippen molar-refractivity contribution in [2.24, 2.45) is 0 Å². The normalized spacial score (nSPS) is 10.6. The Morgan fingerprint density at radius 3 is 2.64 bits per heavy atom. The van der Waals surface area contributed by atoms with Crippen molar-refractivity contribution < 1.29 is 14.6 Å². The summed E-state index contributed by atoms with van der Waals surface area (Å²) in [6.45, 7) is 0.482. The maximum absolute atomic E-state index is 11.3. The van der Waals surface area contributed by atoms with Gasteiger partial charge in [-0.1, -0.05) is 54.1 Å². The molecule has 3 rings (SSSR count). The predicted octanol–water partition coefficient (Wildman–Crippen LogP) is 3.89. The number of methoxy groups -OCH3 is 1. The summed E-state index contributed by atoms with van der Waals surface area (Å²) in [5, 5.41) is 9.43. The van der Waals surface area contributed by atoms with Crippen LogP contribution in [0.1, 0.15) is 11.3 Å². The molecule has 0 fully saturated rings. The van der Waals surface area contributed by atoms with Crippen LogP contribution in [-0.4, -0.2) is 27.7 Å². The molecule has 25 heavy (non-hydrogen) atoms. The summed E-state index contributed by atoms with van der Waals surface area (Å²) in [7, 11) is 1.60. The minimum Gasteiger partial charge on any atom is -0.497 e. The maximum atomic E-state index is 11.3. The molecule has 0 aliphatic carbocycles. The number of aliphatic carboxylic acids is 1. The van der Waals surface area contributed by atoms with Gasteiger partial charge in [0.1, 0.15) is 11.6 Å². The smallest absolute Gasteiger partial charge is 0.309 e. The molecule has 1 N–H and O–H groups in total. The molecule has 0 unspecified atom stereocenters. The van der Waals surface area contributed by atoms with Gasteiger partial charge in [-0.15, -0.1) is 0 Å². The molecular formula is C19H17ClN2O3. The molecule has 0 saturated carbocycles. The number of hydrogen-bond acceptors (Lipinski definition) is 3. The van der Waals surface area contributed by atoms with Gasteiger partial charge in [-0.2, -0.15) is 0 Å². The van der Waals surface area contributed by atoms with E-state index in [-0.39, 0.29) is 11.6 Å². The molecule has 0 saturated heterocycles. The van der Waals surface area contributed by atoms with E-state index in [9.17, 15) is 9.90 Å². The van der Waals surface area contributed by atoms with Crippen LogP contribution >= 0.6 is 11.6 Å². The number of rotatable bonds is 6. The fourth-order valence-corrected chi connectivity index (χ4v) is 2.94. The van der Waals surface area contributed by atoms with Gasteiger partial charge in [-0.05, 0) is 17.7 Å². The van der Waals surface area contributed by atoms with Crippen LogP contribution in [0.4, 0.5) is 0 Å². The molecule has 0 radical (unpaired) electrons. The van der Waals surface area contributed by atoms with Crippen LogP contribution < -0.4 is 4.74 Å². The van der Waals surface area contributed by atoms with Gasteiger partial charge >= 0.3 is 5.97 Å². The highest BCUT2D eigenvalue weighted by Gasteiger charge is 2.20. The molecule has 1 aromatic heterocycles. The van der Waals surface area contributed by atoms with Crippen molar-refractivity contribution in [3.8, 4) is 17.1 Å². The number of carboxylic acids is 1. The summed E-state index contributed by atoms with van der Waals surface area (Å²) in [6, 6.07) is 17.2. The number of carboxylic acid groups (broad SMARTS) is 1. The first kappa shape index (κ1) is 17.0. The quantitative estimate of drug-likeness (QED) is 0.727. The first-order valence-corrected chi connectivity index (χ1v) is 8.11. The summed E-state index contributed by atoms with van der Waals surface area (Å²) < 4.78 is 7.12. The minimum absolute atomic E-state index is 0.192. The first-order valence-electron chi connectivity index (χ1n) is 7.73. The van der Waals surface area contributed by atoms with Crippen LogP contribution in [0.3, 0.4) is 0 Å². The van der Waals surface area contributed by atoms with Crippen LogP contribution in [0.5, 0.6) is 5.75 Å². The van der Waals surface area contributed by atoms with E-state index in [1.807, 2.05) is 59.2 Å². The lowest BCUT2D eigenvalue weighted by Gasteiger charge is -2.12. The molecule has 0 aliphatic heterocycles. The number of hydrogen-bond donors (Lipinski definition) is 1. The largest absolute Gasteiger partial charge is 0.497 e. The van der Waals surface area contributed by atoms with Crippen LogP contribution in [0.2, 0.25) is 5.15 Å². The lowest BCUT2D eigenvalue weighted by Crippen LogP contribution is -2.11. The van der Waals surface area contributed by atoms with E-state index >= 15 is 0 Å². The summed E-state index contributed by atoms with van der Waals surface area (Å²) in [5.74, 6) is 0.361. The second kappa shape index (κ2) is 7.40. The van der Waals surface area contributed by atoms with Crippen LogP contribution in [0.15, 0.2) is 54.6 Å². The zero-order valence-electron chi connectivity index (χ0n) is 13.6. The van der Waals surface area contributed by atoms with E-state index in [1.165, 1.54) is 0 Å². The fraction of sp³-hybridized carbons (Fsp3) is 0.158. The minimum atomic E-state index is -0.951. The third-order valence-corrected chi connectivity index (χ3v) is 4.16. The first-order chi connectivity index (χ1) is 12.1. The summed E-state index contributed by atoms with van der Waals surface area (Å²) in [4.78, 5) is 15.7. The number of benzene rings is 2. The lowest BCUT2D eigenvalue weighted by molar-refractivity contribution is -0.136. The van der Waals surface area contributed by atoms with Gasteiger partial charge < -0.3 is 14.4 Å². The highest BCUT2D eigenvalue weighted by Crippen LogP contribution is 2.29. The number of ether oxygens (including phenoxy) is 1. The van der Waals surface area contributed by atoms with Gasteiger partial charge in [0, 0.05) is 12.1 Å². The number of nitrogens with zero attached hydrogens (tertiary/aromatic N) is 2. The zero-order valence-corrected chi connectivity index (χ0v) is 14.4. The van der Waals surface area contributed by atoms with Gasteiger partial charge in [-0.3, -0.25) is 4.79 Å². The van der Waals surface area contributed by atoms with Crippen molar-refractivity contribution in [2.45, 2.75) is 13.0 Å². The van der Waals surface area contributed by atoms with Crippen LogP contribution in [0.25, 0.3) is 11.4 Å². The van der Waals surface area contributed by atoms with E-state index in [0.29, 0.717) is 23.8 Å². The molecule has 6 heteroatoms. The molecule has 3 aromatic rings. The molecule has 0 aliphatic rings. The third-order valence-electron chi connectivity index (χ3n) is 3.85. The molecule has 0 bridgehead atoms. The van der Waals surface area contributed by atoms with Crippen molar-refractivity contribution in [3.63, 3.8) is 0 Å². The Labute approximate surface area is 150 Å². The van der Waals surface area contributed by atoms with Crippen molar-refractivity contribution in [3.05, 3.63) is 71.0 Å². The number of aromatic nitrogens is 2. The van der Waals surface area contributed by atoms with Crippen molar-refractivity contribution >= 4 is 17.6 Å². The Bertz CT molecular complexity index is 891. The van der Waals surface area contributed by atoms with Crippen LogP contribution in [-0.2, 0) is 17.8 Å². The Hall–Kier alpha value is -2.79. The monoisotopic (exact) mass is 356 g/mol. The van der Waals surface area contributed by atoms with Gasteiger partial charge in [0.25, 0.3) is 0 Å². The second-order valence-electron chi connectivity index (χ2n) is 5.55. The number of halogens is 1. The summed E-state index contributed by atoms with van der Waals surface area (Å²) in [6.07, 6.45) is -0.192. The summed E-state index contributed by atoms with van der Waals surface area (Å²) >= 11 is 6.26.